The standard InChI is InChI=1S/C29H38N4O6/c1-18-13-33(19(2)16-34)28(35)11-21-10-22(6-8-24(21)39-27(18)15-32(3)14-20-4-5-20)30-29(36)31-23-7-9-25-26(12-23)38-17-37-25/h6-10,12,18-20,27,34H,4-5,11,13-17H2,1-3H3,(H2,30,31,36)/t18-,19-,27+/m1/s1. The van der Waals surface area contributed by atoms with Crippen LogP contribution in [0, 0.1) is 11.8 Å². The molecule has 5 rings (SSSR count). The van der Waals surface area contributed by atoms with Gasteiger partial charge in [0.2, 0.25) is 12.7 Å². The van der Waals surface area contributed by atoms with Crippen LogP contribution >= 0.6 is 0 Å². The molecule has 2 aromatic carbocycles. The predicted molar refractivity (Wildman–Crippen MR) is 147 cm³/mol. The molecule has 39 heavy (non-hydrogen) atoms. The van der Waals surface area contributed by atoms with Crippen LogP contribution in [0.1, 0.15) is 32.3 Å². The number of nitrogens with one attached hydrogen (secondary N) is 2. The van der Waals surface area contributed by atoms with Crippen LogP contribution < -0.4 is 24.8 Å². The van der Waals surface area contributed by atoms with E-state index >= 15 is 0 Å². The Labute approximate surface area is 229 Å². The summed E-state index contributed by atoms with van der Waals surface area (Å²) in [6.07, 6.45) is 2.53. The summed E-state index contributed by atoms with van der Waals surface area (Å²) in [5.41, 5.74) is 1.80. The number of nitrogens with zero attached hydrogens (tertiary/aromatic N) is 2. The van der Waals surface area contributed by atoms with Crippen LogP contribution in [0.2, 0.25) is 0 Å². The second-order valence-electron chi connectivity index (χ2n) is 11.0. The molecule has 0 spiro atoms. The highest BCUT2D eigenvalue weighted by Gasteiger charge is 2.32. The van der Waals surface area contributed by atoms with Crippen LogP contribution in [0.25, 0.3) is 0 Å². The van der Waals surface area contributed by atoms with Crippen molar-refractivity contribution in [1.29, 1.82) is 0 Å². The lowest BCUT2D eigenvalue weighted by Gasteiger charge is -2.34. The number of rotatable bonds is 8. The fourth-order valence-corrected chi connectivity index (χ4v) is 5.12. The molecule has 10 heteroatoms. The average Bonchev–Trinajstić information content (AvgIpc) is 3.58. The predicted octanol–water partition coefficient (Wildman–Crippen LogP) is 3.55. The molecule has 3 aliphatic rings. The van der Waals surface area contributed by atoms with Gasteiger partial charge in [-0.15, -0.1) is 0 Å². The molecule has 10 nitrogen and oxygen atoms in total. The van der Waals surface area contributed by atoms with Gasteiger partial charge in [0.05, 0.1) is 19.1 Å². The highest BCUT2D eigenvalue weighted by atomic mass is 16.7. The van der Waals surface area contributed by atoms with E-state index in [4.69, 9.17) is 14.2 Å². The molecule has 1 aliphatic carbocycles. The number of hydrogen-bond acceptors (Lipinski definition) is 7. The van der Waals surface area contributed by atoms with Gasteiger partial charge in [0, 0.05) is 48.6 Å². The first kappa shape index (κ1) is 27.1. The van der Waals surface area contributed by atoms with Gasteiger partial charge in [-0.3, -0.25) is 4.79 Å². The molecule has 0 bridgehead atoms. The van der Waals surface area contributed by atoms with Gasteiger partial charge in [-0.2, -0.15) is 0 Å². The number of likely N-dealkylation sites (N-methyl/N-ethyl adjacent to an activating group) is 1. The zero-order valence-corrected chi connectivity index (χ0v) is 22.8. The highest BCUT2D eigenvalue weighted by molar-refractivity contribution is 6.00. The number of carbonyl (C=O) groups is 2. The van der Waals surface area contributed by atoms with Crippen LogP contribution in [0.4, 0.5) is 16.2 Å². The third-order valence-corrected chi connectivity index (χ3v) is 7.56. The van der Waals surface area contributed by atoms with Crippen LogP contribution in [0.5, 0.6) is 17.2 Å². The second-order valence-corrected chi connectivity index (χ2v) is 11.0. The third kappa shape index (κ3) is 6.75. The van der Waals surface area contributed by atoms with E-state index in [2.05, 4.69) is 29.5 Å². The van der Waals surface area contributed by atoms with E-state index in [0.29, 0.717) is 40.7 Å². The van der Waals surface area contributed by atoms with E-state index in [1.165, 1.54) is 12.8 Å². The van der Waals surface area contributed by atoms with E-state index < -0.39 is 6.03 Å². The summed E-state index contributed by atoms with van der Waals surface area (Å²) in [7, 11) is 2.12. The van der Waals surface area contributed by atoms with E-state index in [0.717, 1.165) is 19.0 Å². The number of carbonyl (C=O) groups excluding carboxylic acids is 2. The van der Waals surface area contributed by atoms with E-state index in [1.807, 2.05) is 13.0 Å². The molecule has 0 aromatic heterocycles. The van der Waals surface area contributed by atoms with E-state index in [9.17, 15) is 14.7 Å². The normalized spacial score (nSPS) is 21.4. The average molecular weight is 539 g/mol. The van der Waals surface area contributed by atoms with Crippen molar-refractivity contribution in [3.63, 3.8) is 0 Å². The molecule has 1 saturated carbocycles. The van der Waals surface area contributed by atoms with Crippen molar-refractivity contribution >= 4 is 23.3 Å². The lowest BCUT2D eigenvalue weighted by atomic mass is 10.0. The maximum Gasteiger partial charge on any atom is 0.323 e. The molecule has 3 atom stereocenters. The second kappa shape index (κ2) is 11.7. The van der Waals surface area contributed by atoms with Gasteiger partial charge in [0.15, 0.2) is 11.5 Å². The summed E-state index contributed by atoms with van der Waals surface area (Å²) >= 11 is 0. The maximum atomic E-state index is 13.4. The number of aliphatic hydroxyl groups is 1. The van der Waals surface area contributed by atoms with Crippen LogP contribution in [0.15, 0.2) is 36.4 Å². The largest absolute Gasteiger partial charge is 0.488 e. The summed E-state index contributed by atoms with van der Waals surface area (Å²) in [4.78, 5) is 30.2. The number of urea groups is 1. The smallest absolute Gasteiger partial charge is 0.323 e. The minimum absolute atomic E-state index is 0.0563. The minimum atomic E-state index is -0.423. The summed E-state index contributed by atoms with van der Waals surface area (Å²) in [5.74, 6) is 2.59. The van der Waals surface area contributed by atoms with Gasteiger partial charge in [0.1, 0.15) is 11.9 Å². The topological polar surface area (TPSA) is 113 Å². The Bertz CT molecular complexity index is 1200. The number of anilines is 2. The quantitative estimate of drug-likeness (QED) is 0.471. The van der Waals surface area contributed by atoms with E-state index in [1.54, 1.807) is 35.2 Å². The Hall–Kier alpha value is -3.50. The Morgan fingerprint density at radius 3 is 2.49 bits per heavy atom. The molecule has 0 unspecified atom stereocenters. The fourth-order valence-electron chi connectivity index (χ4n) is 5.12. The zero-order valence-electron chi connectivity index (χ0n) is 22.8. The van der Waals surface area contributed by atoms with Crippen molar-refractivity contribution in [3.05, 3.63) is 42.0 Å². The molecular formula is C29H38N4O6. The Morgan fingerprint density at radius 1 is 1.08 bits per heavy atom. The number of amides is 3. The molecule has 210 valence electrons. The van der Waals surface area contributed by atoms with Crippen molar-refractivity contribution in [1.82, 2.24) is 9.80 Å². The van der Waals surface area contributed by atoms with Crippen LogP contribution in [-0.4, -0.2) is 79.1 Å². The molecule has 2 aromatic rings. The van der Waals surface area contributed by atoms with Gasteiger partial charge in [0.25, 0.3) is 0 Å². The molecule has 2 aliphatic heterocycles. The first-order valence-corrected chi connectivity index (χ1v) is 13.6. The van der Waals surface area contributed by atoms with Gasteiger partial charge in [-0.1, -0.05) is 6.92 Å². The summed E-state index contributed by atoms with van der Waals surface area (Å²) in [6, 6.07) is 9.85. The molecule has 3 amide bonds. The maximum absolute atomic E-state index is 13.4. The fraction of sp³-hybridized carbons (Fsp3) is 0.517. The molecule has 0 saturated heterocycles. The van der Waals surface area contributed by atoms with Crippen molar-refractivity contribution in [2.75, 3.05) is 50.7 Å². The first-order valence-electron chi connectivity index (χ1n) is 13.6. The number of benzene rings is 2. The SMILES string of the molecule is C[C@@H]1CN([C@H](C)CO)C(=O)Cc2cc(NC(=O)Nc3ccc4c(c3)OCO4)ccc2O[C@H]1CN(C)CC1CC1. The minimum Gasteiger partial charge on any atom is -0.488 e. The van der Waals surface area contributed by atoms with Crippen molar-refractivity contribution in [2.24, 2.45) is 11.8 Å². The molecule has 2 heterocycles. The van der Waals surface area contributed by atoms with Gasteiger partial charge < -0.3 is 39.8 Å². The molecule has 0 radical (unpaired) electrons. The summed E-state index contributed by atoms with van der Waals surface area (Å²) in [5, 5.41) is 15.5. The zero-order chi connectivity index (χ0) is 27.5. The van der Waals surface area contributed by atoms with E-state index in [-0.39, 0.29) is 43.8 Å². The van der Waals surface area contributed by atoms with Crippen molar-refractivity contribution in [2.45, 2.75) is 45.3 Å². The number of aliphatic hydroxyl groups excluding tert-OH is 1. The van der Waals surface area contributed by atoms with Crippen LogP contribution in [0.3, 0.4) is 0 Å². The van der Waals surface area contributed by atoms with Crippen LogP contribution in [-0.2, 0) is 11.2 Å². The monoisotopic (exact) mass is 538 g/mol. The summed E-state index contributed by atoms with van der Waals surface area (Å²) < 4.78 is 17.3. The lowest BCUT2D eigenvalue weighted by Crippen LogP contribution is -2.47. The van der Waals surface area contributed by atoms with Gasteiger partial charge >= 0.3 is 6.03 Å². The Kier molecular flexibility index (Phi) is 8.13. The Balaban J connectivity index is 1.34. The molecule has 3 N–H and O–H groups in total. The van der Waals surface area contributed by atoms with Gasteiger partial charge in [-0.05, 0) is 63.1 Å². The van der Waals surface area contributed by atoms with Crippen molar-refractivity contribution < 1.29 is 28.9 Å². The first-order chi connectivity index (χ1) is 18.8. The van der Waals surface area contributed by atoms with Gasteiger partial charge in [-0.25, -0.2) is 4.79 Å². The Morgan fingerprint density at radius 2 is 1.77 bits per heavy atom. The highest BCUT2D eigenvalue weighted by Crippen LogP contribution is 2.35. The third-order valence-electron chi connectivity index (χ3n) is 7.56. The molecular weight excluding hydrogens is 500 g/mol. The van der Waals surface area contributed by atoms with Crippen molar-refractivity contribution in [3.8, 4) is 17.2 Å². The number of ether oxygens (including phenoxy) is 3. The number of fused-ring (bicyclic) bond motifs is 2. The molecule has 1 fully saturated rings. The summed E-state index contributed by atoms with van der Waals surface area (Å²) in [6.45, 7) is 6.28. The lowest BCUT2D eigenvalue weighted by molar-refractivity contribution is -0.134. The number of hydrogen-bond donors (Lipinski definition) is 3.